The van der Waals surface area contributed by atoms with Crippen molar-refractivity contribution in [3.8, 4) is 0 Å². The Bertz CT molecular complexity index is 703. The van der Waals surface area contributed by atoms with Gasteiger partial charge >= 0.3 is 0 Å². The molecule has 3 atom stereocenters. The molecule has 2 heteroatoms. The molecule has 1 N–H and O–H groups in total. The molecule has 0 aliphatic heterocycles. The van der Waals surface area contributed by atoms with Gasteiger partial charge in [0.1, 0.15) is 0 Å². The van der Waals surface area contributed by atoms with Crippen LogP contribution in [0, 0.1) is 10.8 Å². The average molecular weight is 296 g/mol. The molecule has 0 unspecified atom stereocenters. The Morgan fingerprint density at radius 1 is 1.18 bits per heavy atom. The van der Waals surface area contributed by atoms with Gasteiger partial charge in [-0.05, 0) is 79.7 Å². The van der Waals surface area contributed by atoms with Crippen LogP contribution in [0.2, 0.25) is 0 Å². The highest BCUT2D eigenvalue weighted by Gasteiger charge is 2.48. The first-order chi connectivity index (χ1) is 10.3. The summed E-state index contributed by atoms with van der Waals surface area (Å²) in [4.78, 5) is 12.0. The monoisotopic (exact) mass is 296 g/mol. The minimum absolute atomic E-state index is 0.0821. The van der Waals surface area contributed by atoms with Gasteiger partial charge in [-0.15, -0.1) is 0 Å². The van der Waals surface area contributed by atoms with E-state index in [2.05, 4.69) is 26.0 Å². The van der Waals surface area contributed by atoms with Crippen molar-refractivity contribution in [2.45, 2.75) is 59.0 Å². The number of aliphatic hydroxyl groups is 1. The number of hydrogen-bond donors (Lipinski definition) is 1. The topological polar surface area (TPSA) is 37.3 Å². The van der Waals surface area contributed by atoms with E-state index in [-0.39, 0.29) is 22.7 Å². The molecule has 22 heavy (non-hydrogen) atoms. The summed E-state index contributed by atoms with van der Waals surface area (Å²) in [5.74, 6) is 0.174. The summed E-state index contributed by atoms with van der Waals surface area (Å²) >= 11 is 0. The zero-order chi connectivity index (χ0) is 15.7. The van der Waals surface area contributed by atoms with Crippen molar-refractivity contribution in [3.05, 3.63) is 46.1 Å². The number of rotatable bonds is 0. The van der Waals surface area contributed by atoms with Crippen molar-refractivity contribution in [1.82, 2.24) is 0 Å². The fraction of sp³-hybridized carbons (Fsp3) is 0.550. The Hall–Kier alpha value is -1.41. The highest BCUT2D eigenvalue weighted by molar-refractivity contribution is 6.05. The van der Waals surface area contributed by atoms with Crippen molar-refractivity contribution in [1.29, 1.82) is 0 Å². The predicted octanol–water partition coefficient (Wildman–Crippen LogP) is 4.03. The highest BCUT2D eigenvalue weighted by Crippen LogP contribution is 2.60. The third-order valence-electron chi connectivity index (χ3n) is 6.55. The summed E-state index contributed by atoms with van der Waals surface area (Å²) in [6.45, 7) is 6.56. The van der Waals surface area contributed by atoms with Gasteiger partial charge < -0.3 is 5.11 Å². The lowest BCUT2D eigenvalue weighted by molar-refractivity contribution is -0.111. The van der Waals surface area contributed by atoms with E-state index in [1.165, 1.54) is 22.3 Å². The second-order valence-electron chi connectivity index (χ2n) is 7.87. The highest BCUT2D eigenvalue weighted by atomic mass is 16.3. The summed E-state index contributed by atoms with van der Waals surface area (Å²) in [6.07, 6.45) is 10.7. The smallest absolute Gasteiger partial charge is 0.181 e. The molecular formula is C20H24O2. The van der Waals surface area contributed by atoms with Crippen LogP contribution >= 0.6 is 0 Å². The average Bonchev–Trinajstić information content (AvgIpc) is 2.78. The molecule has 4 rings (SSSR count). The first-order valence-electron chi connectivity index (χ1n) is 8.42. The van der Waals surface area contributed by atoms with E-state index in [0.717, 1.165) is 37.7 Å². The lowest BCUT2D eigenvalue weighted by atomic mass is 9.57. The summed E-state index contributed by atoms with van der Waals surface area (Å²) in [7, 11) is 0. The van der Waals surface area contributed by atoms with Crippen LogP contribution in [0.15, 0.2) is 46.1 Å². The number of allylic oxidation sites excluding steroid dienone is 7. The second kappa shape index (κ2) is 4.32. The Morgan fingerprint density at radius 2 is 1.95 bits per heavy atom. The van der Waals surface area contributed by atoms with E-state index in [4.69, 9.17) is 0 Å². The first-order valence-corrected chi connectivity index (χ1v) is 8.42. The molecule has 0 saturated heterocycles. The van der Waals surface area contributed by atoms with Gasteiger partial charge in [-0.2, -0.15) is 0 Å². The maximum atomic E-state index is 12.0. The summed E-state index contributed by atoms with van der Waals surface area (Å²) in [5.41, 5.74) is 6.70. The third kappa shape index (κ3) is 1.68. The number of aliphatic hydroxyl groups excluding tert-OH is 1. The fourth-order valence-corrected chi connectivity index (χ4v) is 5.28. The molecule has 0 aromatic carbocycles. The van der Waals surface area contributed by atoms with Crippen LogP contribution < -0.4 is 0 Å². The maximum absolute atomic E-state index is 12.0. The Kier molecular flexibility index (Phi) is 2.79. The van der Waals surface area contributed by atoms with Crippen LogP contribution in [0.1, 0.15) is 52.9 Å². The first kappa shape index (κ1) is 14.2. The lowest BCUT2D eigenvalue weighted by Gasteiger charge is -2.47. The number of carbonyl (C=O) groups is 1. The third-order valence-corrected chi connectivity index (χ3v) is 6.55. The van der Waals surface area contributed by atoms with E-state index >= 15 is 0 Å². The molecule has 0 saturated carbocycles. The van der Waals surface area contributed by atoms with E-state index in [1.807, 2.05) is 6.92 Å². The zero-order valence-corrected chi connectivity index (χ0v) is 13.7. The quantitative estimate of drug-likeness (QED) is 0.733. The van der Waals surface area contributed by atoms with E-state index < -0.39 is 0 Å². The molecule has 0 bridgehead atoms. The van der Waals surface area contributed by atoms with Crippen LogP contribution in [0.25, 0.3) is 0 Å². The minimum atomic E-state index is -0.290. The van der Waals surface area contributed by atoms with Crippen LogP contribution in [0.3, 0.4) is 0 Å². The summed E-state index contributed by atoms with van der Waals surface area (Å²) < 4.78 is 0. The second-order valence-corrected chi connectivity index (χ2v) is 7.87. The molecule has 4 aliphatic carbocycles. The van der Waals surface area contributed by atoms with Crippen molar-refractivity contribution >= 4 is 5.78 Å². The van der Waals surface area contributed by atoms with Gasteiger partial charge in [0.2, 0.25) is 0 Å². The number of fused-ring (bicyclic) bond motifs is 4. The van der Waals surface area contributed by atoms with Crippen LogP contribution in [-0.2, 0) is 4.79 Å². The normalized spacial score (nSPS) is 40.5. The molecule has 2 nitrogen and oxygen atoms in total. The van der Waals surface area contributed by atoms with E-state index in [9.17, 15) is 9.90 Å². The molecular weight excluding hydrogens is 272 g/mol. The van der Waals surface area contributed by atoms with Gasteiger partial charge in [0.15, 0.2) is 5.78 Å². The number of carbonyl (C=O) groups excluding carboxylic acids is 1. The summed E-state index contributed by atoms with van der Waals surface area (Å²) in [6, 6.07) is 0. The Labute approximate surface area is 132 Å². The Balaban J connectivity index is 1.89. The van der Waals surface area contributed by atoms with E-state index in [0.29, 0.717) is 0 Å². The van der Waals surface area contributed by atoms with Gasteiger partial charge in [0.25, 0.3) is 0 Å². The SMILES string of the molecule is CC1=C2CCC3=C(CC[C@]4(C)C[C@H](O)C=C34)[C@]2(C)C=CC1=O. The molecule has 4 aliphatic rings. The maximum Gasteiger partial charge on any atom is 0.181 e. The van der Waals surface area contributed by atoms with E-state index in [1.54, 1.807) is 6.08 Å². The van der Waals surface area contributed by atoms with Crippen molar-refractivity contribution in [2.24, 2.45) is 10.8 Å². The minimum Gasteiger partial charge on any atom is -0.389 e. The van der Waals surface area contributed by atoms with Gasteiger partial charge in [0, 0.05) is 5.41 Å². The molecule has 0 amide bonds. The molecule has 0 spiro atoms. The molecule has 0 aromatic heterocycles. The van der Waals surface area contributed by atoms with Gasteiger partial charge in [0.05, 0.1) is 6.10 Å². The van der Waals surface area contributed by atoms with Crippen LogP contribution in [0.5, 0.6) is 0 Å². The van der Waals surface area contributed by atoms with Crippen molar-refractivity contribution < 1.29 is 9.90 Å². The Morgan fingerprint density at radius 3 is 2.73 bits per heavy atom. The van der Waals surface area contributed by atoms with Crippen LogP contribution in [0.4, 0.5) is 0 Å². The van der Waals surface area contributed by atoms with Gasteiger partial charge in [-0.1, -0.05) is 24.6 Å². The van der Waals surface area contributed by atoms with Gasteiger partial charge in [-0.3, -0.25) is 4.79 Å². The fourth-order valence-electron chi connectivity index (χ4n) is 5.28. The van der Waals surface area contributed by atoms with Gasteiger partial charge in [-0.25, -0.2) is 0 Å². The standard InChI is InChI=1S/C20H24O2/c1-12-15-5-4-14-16(20(15,3)9-7-18(12)22)6-8-19(2)11-13(21)10-17(14)19/h7,9-10,13,21H,4-6,8,11H2,1-3H3/t13-,19-,20-/m1/s1. The largest absolute Gasteiger partial charge is 0.389 e. The zero-order valence-electron chi connectivity index (χ0n) is 13.7. The number of hydrogen-bond acceptors (Lipinski definition) is 2. The molecule has 0 radical (unpaired) electrons. The summed E-state index contributed by atoms with van der Waals surface area (Å²) in [5, 5.41) is 10.1. The molecule has 0 fully saturated rings. The van der Waals surface area contributed by atoms with Crippen molar-refractivity contribution in [3.63, 3.8) is 0 Å². The number of ketones is 1. The van der Waals surface area contributed by atoms with Crippen LogP contribution in [-0.4, -0.2) is 17.0 Å². The predicted molar refractivity (Wildman–Crippen MR) is 87.3 cm³/mol. The molecule has 0 heterocycles. The van der Waals surface area contributed by atoms with Crippen molar-refractivity contribution in [2.75, 3.05) is 0 Å². The lowest BCUT2D eigenvalue weighted by Crippen LogP contribution is -2.35. The molecule has 0 aromatic rings. The molecule has 116 valence electrons.